The quantitative estimate of drug-likeness (QED) is 0.748. The van der Waals surface area contributed by atoms with E-state index in [1.807, 2.05) is 24.3 Å². The summed E-state index contributed by atoms with van der Waals surface area (Å²) in [7, 11) is -1.12. The molecule has 0 aliphatic carbocycles. The first-order chi connectivity index (χ1) is 9.10. The molecule has 0 bridgehead atoms. The van der Waals surface area contributed by atoms with E-state index in [4.69, 9.17) is 4.65 Å². The first-order valence-electron chi connectivity index (χ1n) is 6.46. The van der Waals surface area contributed by atoms with E-state index < -0.39 is 18.3 Å². The van der Waals surface area contributed by atoms with E-state index in [9.17, 15) is 10.1 Å². The van der Waals surface area contributed by atoms with Crippen molar-refractivity contribution in [1.82, 2.24) is 4.98 Å². The molecule has 0 aliphatic heterocycles. The van der Waals surface area contributed by atoms with E-state index in [-0.39, 0.29) is 0 Å². The Morgan fingerprint density at radius 3 is 2.45 bits per heavy atom. The largest absolute Gasteiger partial charge is 0.508 e. The van der Waals surface area contributed by atoms with Crippen molar-refractivity contribution in [3.05, 3.63) is 28.7 Å². The molecule has 0 aliphatic rings. The second-order valence-electron chi connectivity index (χ2n) is 6.00. The van der Waals surface area contributed by atoms with Crippen LogP contribution in [0.5, 0.6) is 0 Å². The maximum absolute atomic E-state index is 10.2. The summed E-state index contributed by atoms with van der Waals surface area (Å²) in [5, 5.41) is 21.3. The molecule has 0 spiro atoms. The summed E-state index contributed by atoms with van der Waals surface area (Å²) < 4.78 is 6.57. The van der Waals surface area contributed by atoms with Crippen LogP contribution in [-0.2, 0) is 4.65 Å². The third-order valence-corrected chi connectivity index (χ3v) is 4.24. The molecule has 1 heterocycles. The third-order valence-electron chi connectivity index (χ3n) is 3.75. The van der Waals surface area contributed by atoms with Gasteiger partial charge in [0, 0.05) is 15.6 Å². The summed E-state index contributed by atoms with van der Waals surface area (Å²) in [5.41, 5.74) is -0.471. The van der Waals surface area contributed by atoms with Crippen LogP contribution in [0.15, 0.2) is 28.7 Å². The summed E-state index contributed by atoms with van der Waals surface area (Å²) in [6.07, 6.45) is 0. The average molecular weight is 340 g/mol. The van der Waals surface area contributed by atoms with Gasteiger partial charge in [0.25, 0.3) is 0 Å². The van der Waals surface area contributed by atoms with Crippen molar-refractivity contribution in [3.63, 3.8) is 0 Å². The highest BCUT2D eigenvalue weighted by Gasteiger charge is 2.39. The summed E-state index contributed by atoms with van der Waals surface area (Å²) in [5.74, 6) is 0. The predicted molar refractivity (Wildman–Crippen MR) is 85.1 cm³/mol. The fourth-order valence-corrected chi connectivity index (χ4v) is 2.10. The van der Waals surface area contributed by atoms with Crippen molar-refractivity contribution >= 4 is 39.5 Å². The molecule has 0 radical (unpaired) electrons. The molecule has 6 heteroatoms. The molecule has 4 nitrogen and oxygen atoms in total. The number of rotatable bonds is 4. The third kappa shape index (κ3) is 3.09. The molecule has 0 atom stereocenters. The number of hydrogen-bond acceptors (Lipinski definition) is 3. The molecule has 3 N–H and O–H groups in total. The van der Waals surface area contributed by atoms with Crippen LogP contribution in [0.3, 0.4) is 0 Å². The summed E-state index contributed by atoms with van der Waals surface area (Å²) in [6.45, 7) is 6.80. The molecule has 1 aromatic carbocycles. The van der Waals surface area contributed by atoms with Gasteiger partial charge >= 0.3 is 7.12 Å². The van der Waals surface area contributed by atoms with Crippen LogP contribution in [0.1, 0.15) is 27.7 Å². The Morgan fingerprint density at radius 2 is 1.85 bits per heavy atom. The Labute approximate surface area is 127 Å². The Bertz CT molecular complexity index is 618. The van der Waals surface area contributed by atoms with Gasteiger partial charge in [0.15, 0.2) is 0 Å². The minimum Gasteiger partial charge on any atom is -0.422 e. The summed E-state index contributed by atoms with van der Waals surface area (Å²) in [6, 6.07) is 7.67. The van der Waals surface area contributed by atoms with Crippen molar-refractivity contribution in [2.24, 2.45) is 0 Å². The molecule has 20 heavy (non-hydrogen) atoms. The topological polar surface area (TPSA) is 65.5 Å². The second kappa shape index (κ2) is 5.18. The Morgan fingerprint density at radius 1 is 1.20 bits per heavy atom. The van der Waals surface area contributed by atoms with Gasteiger partial charge in [-0.25, -0.2) is 0 Å². The number of benzene rings is 1. The van der Waals surface area contributed by atoms with Crippen molar-refractivity contribution in [1.29, 1.82) is 0 Å². The molecular formula is C14H19BBrNO3. The number of fused-ring (bicyclic) bond motifs is 1. The molecule has 108 valence electrons. The lowest BCUT2D eigenvalue weighted by Gasteiger charge is -2.38. The van der Waals surface area contributed by atoms with Crippen molar-refractivity contribution in [2.45, 2.75) is 38.9 Å². The van der Waals surface area contributed by atoms with Gasteiger partial charge in [-0.1, -0.05) is 22.0 Å². The van der Waals surface area contributed by atoms with Crippen LogP contribution < -0.4 is 5.59 Å². The van der Waals surface area contributed by atoms with Crippen LogP contribution >= 0.6 is 15.9 Å². The number of hydrogen-bond donors (Lipinski definition) is 3. The van der Waals surface area contributed by atoms with Gasteiger partial charge in [0.1, 0.15) is 0 Å². The first-order valence-corrected chi connectivity index (χ1v) is 7.26. The number of H-pyrrole nitrogens is 1. The van der Waals surface area contributed by atoms with Gasteiger partial charge in [-0.3, -0.25) is 0 Å². The lowest BCUT2D eigenvalue weighted by Crippen LogP contribution is -2.53. The monoisotopic (exact) mass is 339 g/mol. The Balaban J connectivity index is 2.25. The molecule has 2 rings (SSSR count). The number of aromatic amines is 1. The number of aliphatic hydroxyl groups is 1. The van der Waals surface area contributed by atoms with E-state index in [1.165, 1.54) is 0 Å². The molecular weight excluding hydrogens is 321 g/mol. The highest BCUT2D eigenvalue weighted by Crippen LogP contribution is 2.25. The van der Waals surface area contributed by atoms with Crippen molar-refractivity contribution < 1.29 is 14.8 Å². The maximum atomic E-state index is 10.2. The maximum Gasteiger partial charge on any atom is 0.508 e. The van der Waals surface area contributed by atoms with Gasteiger partial charge in [-0.05, 0) is 51.3 Å². The molecule has 0 saturated carbocycles. The highest BCUT2D eigenvalue weighted by atomic mass is 79.9. The summed E-state index contributed by atoms with van der Waals surface area (Å²) in [4.78, 5) is 3.12. The highest BCUT2D eigenvalue weighted by molar-refractivity contribution is 9.10. The SMILES string of the molecule is CC(C)(O)C(C)(C)OB(O)c1cc2ccc(Br)cc2[nH]1. The smallest absolute Gasteiger partial charge is 0.422 e. The van der Waals surface area contributed by atoms with Crippen LogP contribution in [0.25, 0.3) is 10.9 Å². The molecule has 0 amide bonds. The van der Waals surface area contributed by atoms with Gasteiger partial charge in [-0.2, -0.15) is 0 Å². The minimum atomic E-state index is -1.12. The molecule has 0 fully saturated rings. The van der Waals surface area contributed by atoms with E-state index in [1.54, 1.807) is 27.7 Å². The predicted octanol–water partition coefficient (Wildman–Crippen LogP) is 2.18. The van der Waals surface area contributed by atoms with E-state index in [0.29, 0.717) is 5.59 Å². The fraction of sp³-hybridized carbons (Fsp3) is 0.429. The number of nitrogens with one attached hydrogen (secondary N) is 1. The average Bonchev–Trinajstić information content (AvgIpc) is 2.69. The van der Waals surface area contributed by atoms with Crippen molar-refractivity contribution in [2.75, 3.05) is 0 Å². The lowest BCUT2D eigenvalue weighted by atomic mass is 9.80. The fourth-order valence-electron chi connectivity index (χ4n) is 1.74. The van der Waals surface area contributed by atoms with E-state index in [0.717, 1.165) is 15.4 Å². The number of halogens is 1. The van der Waals surface area contributed by atoms with Gasteiger partial charge in [0.05, 0.1) is 11.2 Å². The van der Waals surface area contributed by atoms with Crippen molar-refractivity contribution in [3.8, 4) is 0 Å². The Hall–Kier alpha value is -0.815. The van der Waals surface area contributed by atoms with E-state index >= 15 is 0 Å². The van der Waals surface area contributed by atoms with Gasteiger partial charge in [0.2, 0.25) is 0 Å². The number of aromatic nitrogens is 1. The van der Waals surface area contributed by atoms with Crippen LogP contribution in [0.2, 0.25) is 0 Å². The van der Waals surface area contributed by atoms with Gasteiger partial charge in [-0.15, -0.1) is 0 Å². The van der Waals surface area contributed by atoms with Crippen LogP contribution in [-0.4, -0.2) is 33.4 Å². The van der Waals surface area contributed by atoms with Crippen LogP contribution in [0.4, 0.5) is 0 Å². The van der Waals surface area contributed by atoms with Gasteiger partial charge < -0.3 is 19.8 Å². The van der Waals surface area contributed by atoms with E-state index in [2.05, 4.69) is 20.9 Å². The summed E-state index contributed by atoms with van der Waals surface area (Å²) >= 11 is 3.41. The zero-order valence-corrected chi connectivity index (χ0v) is 13.7. The lowest BCUT2D eigenvalue weighted by molar-refractivity contribution is -0.0983. The zero-order chi connectivity index (χ0) is 15.1. The molecule has 0 saturated heterocycles. The molecule has 1 aromatic heterocycles. The zero-order valence-electron chi connectivity index (χ0n) is 12.1. The molecule has 2 aromatic rings. The normalized spacial score (nSPS) is 12.9. The Kier molecular flexibility index (Phi) is 4.04. The van der Waals surface area contributed by atoms with Crippen LogP contribution in [0, 0.1) is 0 Å². The second-order valence-corrected chi connectivity index (χ2v) is 6.91. The standard InChI is InChI=1S/C14H19BBrNO3/c1-13(2,18)14(3,4)20-15(19)12-7-9-5-6-10(16)8-11(9)17-12/h5-8,17-19H,1-4H3. The molecule has 0 unspecified atom stereocenters. The minimum absolute atomic E-state index is 0.565. The first kappa shape index (κ1) is 15.6.